The molecule has 1 atom stereocenters. The molecule has 1 N–H and O–H groups in total. The normalized spacial score (nSPS) is 15.9. The average molecular weight is 385 g/mol. The van der Waals surface area contributed by atoms with Crippen molar-refractivity contribution < 1.29 is 9.18 Å². The first kappa shape index (κ1) is 20.2. The van der Waals surface area contributed by atoms with Crippen LogP contribution in [0.5, 0.6) is 0 Å². The number of halogens is 1. The molecule has 150 valence electrons. The van der Waals surface area contributed by atoms with E-state index in [0.29, 0.717) is 23.8 Å². The molecule has 28 heavy (non-hydrogen) atoms. The molecule has 1 aliphatic heterocycles. The summed E-state index contributed by atoms with van der Waals surface area (Å²) in [5.41, 5.74) is 2.13. The summed E-state index contributed by atoms with van der Waals surface area (Å²) in [6.07, 6.45) is 5.09. The Balaban J connectivity index is 1.74. The number of carbonyl (C=O) groups excluding carboxylic acids is 1. The van der Waals surface area contributed by atoms with Crippen molar-refractivity contribution in [2.45, 2.75) is 32.2 Å². The van der Waals surface area contributed by atoms with Gasteiger partial charge in [0.05, 0.1) is 17.3 Å². The summed E-state index contributed by atoms with van der Waals surface area (Å²) in [6.45, 7) is 4.24. The zero-order valence-electron chi connectivity index (χ0n) is 16.8. The number of hydrogen-bond acceptors (Lipinski definition) is 5. The maximum Gasteiger partial charge on any atom is 0.254 e. The Bertz CT molecular complexity index is 803. The third-order valence-electron chi connectivity index (χ3n) is 5.15. The first-order chi connectivity index (χ1) is 13.5. The smallest absolute Gasteiger partial charge is 0.254 e. The van der Waals surface area contributed by atoms with Gasteiger partial charge in [0.2, 0.25) is 5.95 Å². The third-order valence-corrected chi connectivity index (χ3v) is 5.15. The van der Waals surface area contributed by atoms with Crippen LogP contribution in [0.4, 0.5) is 10.3 Å². The Hall–Kier alpha value is -2.54. The van der Waals surface area contributed by atoms with Gasteiger partial charge >= 0.3 is 0 Å². The van der Waals surface area contributed by atoms with Gasteiger partial charge in [-0.2, -0.15) is 0 Å². The predicted molar refractivity (Wildman–Crippen MR) is 108 cm³/mol. The summed E-state index contributed by atoms with van der Waals surface area (Å²) < 4.78 is 13.4. The zero-order chi connectivity index (χ0) is 20.1. The third kappa shape index (κ3) is 4.84. The molecule has 0 bridgehead atoms. The molecule has 6 nitrogen and oxygen atoms in total. The van der Waals surface area contributed by atoms with Gasteiger partial charge < -0.3 is 10.2 Å². The van der Waals surface area contributed by atoms with Gasteiger partial charge in [-0.1, -0.05) is 18.6 Å². The number of nitrogens with one attached hydrogen (secondary N) is 1. The molecule has 1 saturated heterocycles. The number of anilines is 1. The SMILES string of the molecule is Cc1nc(N(C)C)ncc1C(=O)NCC(c1ccc(F)cc1)N1CCCCC1. The van der Waals surface area contributed by atoms with E-state index in [2.05, 4.69) is 20.2 Å². The van der Waals surface area contributed by atoms with Gasteiger partial charge in [-0.25, -0.2) is 14.4 Å². The van der Waals surface area contributed by atoms with Gasteiger partial charge in [0, 0.05) is 26.8 Å². The largest absolute Gasteiger partial charge is 0.350 e. The molecule has 1 amide bonds. The van der Waals surface area contributed by atoms with Crippen molar-refractivity contribution in [3.8, 4) is 0 Å². The van der Waals surface area contributed by atoms with Crippen LogP contribution in [-0.2, 0) is 0 Å². The Morgan fingerprint density at radius 3 is 2.50 bits per heavy atom. The molecular weight excluding hydrogens is 357 g/mol. The van der Waals surface area contributed by atoms with Crippen molar-refractivity contribution in [1.29, 1.82) is 0 Å². The first-order valence-corrected chi connectivity index (χ1v) is 9.74. The lowest BCUT2D eigenvalue weighted by Crippen LogP contribution is -2.40. The van der Waals surface area contributed by atoms with E-state index < -0.39 is 0 Å². The van der Waals surface area contributed by atoms with E-state index in [1.807, 2.05) is 21.0 Å². The second-order valence-corrected chi connectivity index (χ2v) is 7.44. The van der Waals surface area contributed by atoms with Crippen LogP contribution in [-0.4, -0.2) is 54.5 Å². The molecule has 0 radical (unpaired) electrons. The summed E-state index contributed by atoms with van der Waals surface area (Å²) in [4.78, 5) is 25.5. The van der Waals surface area contributed by atoms with E-state index in [-0.39, 0.29) is 17.8 Å². The number of aryl methyl sites for hydroxylation is 1. The Morgan fingerprint density at radius 2 is 1.89 bits per heavy atom. The first-order valence-electron chi connectivity index (χ1n) is 9.74. The minimum absolute atomic E-state index is 0.0205. The quantitative estimate of drug-likeness (QED) is 0.828. The van der Waals surface area contributed by atoms with E-state index in [1.54, 1.807) is 23.2 Å². The molecule has 3 rings (SSSR count). The molecule has 2 aromatic rings. The minimum Gasteiger partial charge on any atom is -0.350 e. The number of nitrogens with zero attached hydrogens (tertiary/aromatic N) is 4. The van der Waals surface area contributed by atoms with Crippen molar-refractivity contribution in [2.75, 3.05) is 38.6 Å². The van der Waals surface area contributed by atoms with Crippen LogP contribution in [0, 0.1) is 12.7 Å². The van der Waals surface area contributed by atoms with E-state index in [0.717, 1.165) is 31.5 Å². The van der Waals surface area contributed by atoms with Gasteiger partial charge in [0.15, 0.2) is 0 Å². The highest BCUT2D eigenvalue weighted by molar-refractivity contribution is 5.95. The summed E-state index contributed by atoms with van der Waals surface area (Å²) in [6, 6.07) is 6.59. The Morgan fingerprint density at radius 1 is 1.21 bits per heavy atom. The fourth-order valence-electron chi connectivity index (χ4n) is 3.55. The van der Waals surface area contributed by atoms with Crippen molar-refractivity contribution in [3.05, 3.63) is 53.1 Å². The fourth-order valence-corrected chi connectivity index (χ4v) is 3.55. The summed E-state index contributed by atoms with van der Waals surface area (Å²) in [5, 5.41) is 3.03. The Kier molecular flexibility index (Phi) is 6.57. The molecular formula is C21H28FN5O. The molecule has 1 unspecified atom stereocenters. The van der Waals surface area contributed by atoms with Crippen LogP contribution in [0.1, 0.15) is 46.9 Å². The summed E-state index contributed by atoms with van der Waals surface area (Å²) >= 11 is 0. The standard InChI is InChI=1S/C21H28FN5O/c1-15-18(13-24-21(25-15)26(2)3)20(28)23-14-19(27-11-5-4-6-12-27)16-7-9-17(22)10-8-16/h7-10,13,19H,4-6,11-12,14H2,1-3H3,(H,23,28). The van der Waals surface area contributed by atoms with Crippen LogP contribution in [0.15, 0.2) is 30.5 Å². The van der Waals surface area contributed by atoms with Crippen LogP contribution in [0.2, 0.25) is 0 Å². The van der Waals surface area contributed by atoms with E-state index in [9.17, 15) is 9.18 Å². The van der Waals surface area contributed by atoms with E-state index in [4.69, 9.17) is 0 Å². The highest BCUT2D eigenvalue weighted by atomic mass is 19.1. The Labute approximate surface area is 165 Å². The number of aromatic nitrogens is 2. The van der Waals surface area contributed by atoms with Gasteiger partial charge in [-0.15, -0.1) is 0 Å². The average Bonchev–Trinajstić information content (AvgIpc) is 2.70. The highest BCUT2D eigenvalue weighted by Crippen LogP contribution is 2.24. The van der Waals surface area contributed by atoms with Gasteiger partial charge in [-0.05, 0) is 50.6 Å². The molecule has 1 aromatic carbocycles. The van der Waals surface area contributed by atoms with Gasteiger partial charge in [0.1, 0.15) is 5.82 Å². The number of hydrogen-bond donors (Lipinski definition) is 1. The molecule has 0 aliphatic carbocycles. The fraction of sp³-hybridized carbons (Fsp3) is 0.476. The van der Waals surface area contributed by atoms with Crippen molar-refractivity contribution in [2.24, 2.45) is 0 Å². The lowest BCUT2D eigenvalue weighted by atomic mass is 10.0. The van der Waals surface area contributed by atoms with Crippen molar-refractivity contribution in [3.63, 3.8) is 0 Å². The molecule has 2 heterocycles. The maximum absolute atomic E-state index is 13.4. The monoisotopic (exact) mass is 385 g/mol. The molecule has 0 spiro atoms. The van der Waals surface area contributed by atoms with Crippen molar-refractivity contribution in [1.82, 2.24) is 20.2 Å². The number of benzene rings is 1. The number of likely N-dealkylation sites (tertiary alicyclic amines) is 1. The summed E-state index contributed by atoms with van der Waals surface area (Å²) in [5.74, 6) is 0.136. The second-order valence-electron chi connectivity index (χ2n) is 7.44. The zero-order valence-corrected chi connectivity index (χ0v) is 16.8. The molecule has 0 saturated carbocycles. The second kappa shape index (κ2) is 9.10. The minimum atomic E-state index is -0.251. The highest BCUT2D eigenvalue weighted by Gasteiger charge is 2.23. The number of piperidine rings is 1. The number of carbonyl (C=O) groups is 1. The lowest BCUT2D eigenvalue weighted by molar-refractivity contribution is 0.0923. The molecule has 1 aromatic heterocycles. The lowest BCUT2D eigenvalue weighted by Gasteiger charge is -2.35. The number of amides is 1. The molecule has 1 fully saturated rings. The van der Waals surface area contributed by atoms with Crippen LogP contribution < -0.4 is 10.2 Å². The number of rotatable bonds is 6. The van der Waals surface area contributed by atoms with Gasteiger partial charge in [0.25, 0.3) is 5.91 Å². The van der Waals surface area contributed by atoms with Crippen LogP contribution in [0.3, 0.4) is 0 Å². The van der Waals surface area contributed by atoms with Crippen molar-refractivity contribution >= 4 is 11.9 Å². The molecule has 1 aliphatic rings. The maximum atomic E-state index is 13.4. The van der Waals surface area contributed by atoms with Crippen LogP contribution in [0.25, 0.3) is 0 Å². The van der Waals surface area contributed by atoms with Gasteiger partial charge in [-0.3, -0.25) is 9.69 Å². The summed E-state index contributed by atoms with van der Waals surface area (Å²) in [7, 11) is 3.72. The van der Waals surface area contributed by atoms with E-state index in [1.165, 1.54) is 18.6 Å². The predicted octanol–water partition coefficient (Wildman–Crippen LogP) is 2.95. The topological polar surface area (TPSA) is 61.4 Å². The van der Waals surface area contributed by atoms with Crippen LogP contribution >= 0.6 is 0 Å². The van der Waals surface area contributed by atoms with E-state index >= 15 is 0 Å². The molecule has 7 heteroatoms.